The van der Waals surface area contributed by atoms with E-state index in [1.54, 1.807) is 21.8 Å². The van der Waals surface area contributed by atoms with Gasteiger partial charge in [0, 0.05) is 43.0 Å². The van der Waals surface area contributed by atoms with Crippen molar-refractivity contribution in [3.05, 3.63) is 69.9 Å². The number of halogens is 1. The number of aromatic nitrogens is 3. The largest absolute Gasteiger partial charge is 0.293 e. The average Bonchev–Trinajstić information content (AvgIpc) is 3.66. The van der Waals surface area contributed by atoms with Crippen LogP contribution in [0.15, 0.2) is 53.0 Å². The Balaban J connectivity index is 1.37. The first-order chi connectivity index (χ1) is 18.3. The molecule has 0 amide bonds. The molecule has 38 heavy (non-hydrogen) atoms. The van der Waals surface area contributed by atoms with Gasteiger partial charge in [0.1, 0.15) is 5.82 Å². The van der Waals surface area contributed by atoms with Crippen molar-refractivity contribution in [3.63, 3.8) is 0 Å². The van der Waals surface area contributed by atoms with Crippen LogP contribution in [0.5, 0.6) is 0 Å². The maximum atomic E-state index is 13.5. The van der Waals surface area contributed by atoms with E-state index < -0.39 is 10.0 Å². The molecule has 1 atom stereocenters. The van der Waals surface area contributed by atoms with E-state index in [0.717, 1.165) is 39.3 Å². The van der Waals surface area contributed by atoms with Crippen LogP contribution in [0.1, 0.15) is 47.9 Å². The zero-order chi connectivity index (χ0) is 26.4. The lowest BCUT2D eigenvalue weighted by Gasteiger charge is -2.42. The summed E-state index contributed by atoms with van der Waals surface area (Å²) < 4.78 is 44.0. The van der Waals surface area contributed by atoms with Gasteiger partial charge in [0.2, 0.25) is 0 Å². The summed E-state index contributed by atoms with van der Waals surface area (Å²) in [6.07, 6.45) is 6.87. The van der Waals surface area contributed by atoms with Gasteiger partial charge in [-0.2, -0.15) is 9.40 Å². The molecular formula is C28H32FN5O2S2. The second-order valence-electron chi connectivity index (χ2n) is 10.5. The van der Waals surface area contributed by atoms with Crippen LogP contribution in [0.3, 0.4) is 0 Å². The Hall–Kier alpha value is -2.66. The smallest absolute Gasteiger partial charge is 0.261 e. The summed E-state index contributed by atoms with van der Waals surface area (Å²) in [6, 6.07) is 10.5. The highest BCUT2D eigenvalue weighted by atomic mass is 32.2. The summed E-state index contributed by atoms with van der Waals surface area (Å²) in [5, 5.41) is 8.11. The van der Waals surface area contributed by atoms with Gasteiger partial charge in [-0.25, -0.2) is 22.5 Å². The van der Waals surface area contributed by atoms with Gasteiger partial charge in [0.05, 0.1) is 22.4 Å². The summed E-state index contributed by atoms with van der Waals surface area (Å²) in [4.78, 5) is 6.79. The van der Waals surface area contributed by atoms with E-state index in [1.807, 2.05) is 17.8 Å². The number of rotatable bonds is 6. The molecule has 1 saturated carbocycles. The van der Waals surface area contributed by atoms with Gasteiger partial charge in [0.25, 0.3) is 10.0 Å². The minimum Gasteiger partial charge on any atom is -0.293 e. The summed E-state index contributed by atoms with van der Waals surface area (Å²) in [7, 11) is -3.66. The molecule has 0 spiro atoms. The van der Waals surface area contributed by atoms with E-state index in [1.165, 1.54) is 49.2 Å². The third kappa shape index (κ3) is 4.79. The molecule has 1 unspecified atom stereocenters. The molecule has 2 fully saturated rings. The van der Waals surface area contributed by atoms with Crippen LogP contribution >= 0.6 is 11.3 Å². The van der Waals surface area contributed by atoms with Gasteiger partial charge >= 0.3 is 0 Å². The molecule has 200 valence electrons. The third-order valence-electron chi connectivity index (χ3n) is 8.01. The van der Waals surface area contributed by atoms with E-state index in [4.69, 9.17) is 0 Å². The van der Waals surface area contributed by atoms with E-state index in [2.05, 4.69) is 34.0 Å². The highest BCUT2D eigenvalue weighted by molar-refractivity contribution is 7.89. The monoisotopic (exact) mass is 553 g/mol. The van der Waals surface area contributed by atoms with Crippen LogP contribution in [0.2, 0.25) is 0 Å². The predicted molar refractivity (Wildman–Crippen MR) is 148 cm³/mol. The molecule has 2 aliphatic rings. The molecule has 0 N–H and O–H groups in total. The predicted octanol–water partition coefficient (Wildman–Crippen LogP) is 5.48. The number of sulfonamides is 1. The van der Waals surface area contributed by atoms with E-state index in [0.29, 0.717) is 25.6 Å². The SMILES string of the molecule is Cc1nc(S(=O)(=O)N2CCN(CC3CCCC3)C(c3cc4cnn(-c5ccc(F)cc5)c4cc3C)C2)cs1. The maximum absolute atomic E-state index is 13.5. The van der Waals surface area contributed by atoms with Crippen molar-refractivity contribution in [2.24, 2.45) is 5.92 Å². The van der Waals surface area contributed by atoms with Gasteiger partial charge in [-0.05, 0) is 80.1 Å². The summed E-state index contributed by atoms with van der Waals surface area (Å²) in [5.74, 6) is 0.378. The molecule has 4 aromatic rings. The Bertz CT molecular complexity index is 1560. The molecule has 3 heterocycles. The number of thiazole rings is 1. The molecule has 1 aliphatic carbocycles. The fraction of sp³-hybridized carbons (Fsp3) is 0.429. The molecule has 0 bridgehead atoms. The number of nitrogens with zero attached hydrogens (tertiary/aromatic N) is 5. The van der Waals surface area contributed by atoms with Crippen LogP contribution in [0.25, 0.3) is 16.6 Å². The third-order valence-corrected chi connectivity index (χ3v) is 10.7. The molecule has 2 aromatic carbocycles. The second-order valence-corrected chi connectivity index (χ2v) is 13.5. The first-order valence-electron chi connectivity index (χ1n) is 13.2. The van der Waals surface area contributed by atoms with Crippen molar-refractivity contribution in [2.75, 3.05) is 26.2 Å². The Morgan fingerprint density at radius 1 is 1.08 bits per heavy atom. The minimum atomic E-state index is -3.66. The minimum absolute atomic E-state index is 0.0579. The van der Waals surface area contributed by atoms with E-state index in [9.17, 15) is 12.8 Å². The zero-order valence-electron chi connectivity index (χ0n) is 21.7. The topological polar surface area (TPSA) is 71.3 Å². The molecular weight excluding hydrogens is 521 g/mol. The molecule has 7 nitrogen and oxygen atoms in total. The van der Waals surface area contributed by atoms with Crippen LogP contribution in [-0.2, 0) is 10.0 Å². The maximum Gasteiger partial charge on any atom is 0.261 e. The Labute approximate surface area is 227 Å². The first kappa shape index (κ1) is 25.6. The Morgan fingerprint density at radius 3 is 2.55 bits per heavy atom. The Kier molecular flexibility index (Phi) is 6.84. The van der Waals surface area contributed by atoms with Crippen molar-refractivity contribution >= 4 is 32.3 Å². The van der Waals surface area contributed by atoms with Crippen molar-refractivity contribution in [2.45, 2.75) is 50.6 Å². The molecule has 6 rings (SSSR count). The van der Waals surface area contributed by atoms with Crippen molar-refractivity contribution in [1.29, 1.82) is 0 Å². The number of piperazine rings is 1. The number of hydrogen-bond donors (Lipinski definition) is 0. The lowest BCUT2D eigenvalue weighted by Crippen LogP contribution is -2.51. The van der Waals surface area contributed by atoms with Crippen LogP contribution < -0.4 is 0 Å². The van der Waals surface area contributed by atoms with Crippen LogP contribution in [0.4, 0.5) is 4.39 Å². The molecule has 2 aromatic heterocycles. The molecule has 0 radical (unpaired) electrons. The van der Waals surface area contributed by atoms with Gasteiger partial charge in [0.15, 0.2) is 5.03 Å². The van der Waals surface area contributed by atoms with Gasteiger partial charge in [-0.3, -0.25) is 4.90 Å². The lowest BCUT2D eigenvalue weighted by molar-refractivity contribution is 0.0998. The van der Waals surface area contributed by atoms with Crippen molar-refractivity contribution in [1.82, 2.24) is 24.0 Å². The quantitative estimate of drug-likeness (QED) is 0.316. The standard InChI is InChI=1S/C28H32FN5O2S2/c1-19-13-26-22(15-30-34(26)24-9-7-23(29)8-10-24)14-25(19)27-17-33(38(35,36)28-18-37-20(2)31-28)12-11-32(27)16-21-5-3-4-6-21/h7-10,13-15,18,21,27H,3-6,11-12,16-17H2,1-2H3. The number of benzene rings is 2. The average molecular weight is 554 g/mol. The highest BCUT2D eigenvalue weighted by Gasteiger charge is 2.37. The molecule has 1 aliphatic heterocycles. The fourth-order valence-electron chi connectivity index (χ4n) is 5.99. The van der Waals surface area contributed by atoms with E-state index in [-0.39, 0.29) is 16.9 Å². The molecule has 1 saturated heterocycles. The first-order valence-corrected chi connectivity index (χ1v) is 15.5. The van der Waals surface area contributed by atoms with Gasteiger partial charge in [-0.15, -0.1) is 11.3 Å². The summed E-state index contributed by atoms with van der Waals surface area (Å²) in [6.45, 7) is 6.45. The van der Waals surface area contributed by atoms with Crippen LogP contribution in [-0.4, -0.2) is 58.6 Å². The van der Waals surface area contributed by atoms with Gasteiger partial charge in [-0.1, -0.05) is 12.8 Å². The fourth-order valence-corrected chi connectivity index (χ4v) is 8.33. The van der Waals surface area contributed by atoms with E-state index >= 15 is 0 Å². The molecule has 10 heteroatoms. The number of aryl methyl sites for hydroxylation is 2. The summed E-state index contributed by atoms with van der Waals surface area (Å²) in [5.41, 5.74) is 3.96. The highest BCUT2D eigenvalue weighted by Crippen LogP contribution is 2.36. The van der Waals surface area contributed by atoms with Crippen molar-refractivity contribution < 1.29 is 12.8 Å². The van der Waals surface area contributed by atoms with Gasteiger partial charge < -0.3 is 0 Å². The summed E-state index contributed by atoms with van der Waals surface area (Å²) >= 11 is 1.36. The second kappa shape index (κ2) is 10.1. The van der Waals surface area contributed by atoms with Crippen LogP contribution in [0, 0.1) is 25.6 Å². The van der Waals surface area contributed by atoms with Crippen molar-refractivity contribution in [3.8, 4) is 5.69 Å². The lowest BCUT2D eigenvalue weighted by atomic mass is 9.95. The number of hydrogen-bond acceptors (Lipinski definition) is 6. The number of fused-ring (bicyclic) bond motifs is 1. The Morgan fingerprint density at radius 2 is 1.84 bits per heavy atom. The normalized spacial score (nSPS) is 20.0. The zero-order valence-corrected chi connectivity index (χ0v) is 23.3.